The molecule has 1 aromatic heterocycles. The number of nitrogens with zero attached hydrogens (tertiary/aromatic N) is 3. The lowest BCUT2D eigenvalue weighted by Gasteiger charge is -2.20. The lowest BCUT2D eigenvalue weighted by Crippen LogP contribution is -2.31. The second-order valence-corrected chi connectivity index (χ2v) is 4.49. The minimum absolute atomic E-state index is 0.164. The Morgan fingerprint density at radius 2 is 2.33 bits per heavy atom. The largest absolute Gasteiger partial charge is 0.337 e. The zero-order chi connectivity index (χ0) is 11.5. The molecule has 0 aliphatic carbocycles. The third kappa shape index (κ3) is 3.07. The Morgan fingerprint density at radius 3 is 2.80 bits per heavy atom. The zero-order valence-electron chi connectivity index (χ0n) is 9.78. The van der Waals surface area contributed by atoms with Crippen LogP contribution < -0.4 is 5.32 Å². The summed E-state index contributed by atoms with van der Waals surface area (Å²) in [5.41, 5.74) is -0.334. The fourth-order valence-corrected chi connectivity index (χ4v) is 1.33. The van der Waals surface area contributed by atoms with Crippen LogP contribution in [0.3, 0.4) is 0 Å². The number of nitrogens with one attached hydrogen (secondary N) is 1. The second kappa shape index (κ2) is 4.45. The molecule has 1 aromatic rings. The molecule has 1 atom stereocenters. The first-order valence-electron chi connectivity index (χ1n) is 5.08. The third-order valence-electron chi connectivity index (χ3n) is 2.40. The highest BCUT2D eigenvalue weighted by atomic mass is 15.1. The molecule has 82 valence electrons. The van der Waals surface area contributed by atoms with Crippen molar-refractivity contribution in [3.05, 3.63) is 18.2 Å². The molecule has 0 amide bonds. The Balaban J connectivity index is 2.55. The number of aryl methyl sites for hydroxylation is 1. The molecular weight excluding hydrogens is 188 g/mol. The van der Waals surface area contributed by atoms with E-state index in [0.717, 1.165) is 5.82 Å². The van der Waals surface area contributed by atoms with Crippen LogP contribution in [-0.2, 0) is 7.05 Å². The summed E-state index contributed by atoms with van der Waals surface area (Å²) in [6.07, 6.45) is 3.70. The standard InChI is InChI=1S/C11H18N4/c1-9(10-13-5-6-15(10)4)14-8-11(2,3)7-12/h5-6,9,14H,8H2,1-4H3. The maximum atomic E-state index is 8.88. The van der Waals surface area contributed by atoms with Crippen molar-refractivity contribution in [2.45, 2.75) is 26.8 Å². The van der Waals surface area contributed by atoms with E-state index >= 15 is 0 Å². The van der Waals surface area contributed by atoms with Gasteiger partial charge in [-0.1, -0.05) is 0 Å². The minimum atomic E-state index is -0.334. The van der Waals surface area contributed by atoms with E-state index in [9.17, 15) is 0 Å². The number of aromatic nitrogens is 2. The maximum absolute atomic E-state index is 8.88. The fraction of sp³-hybridized carbons (Fsp3) is 0.636. The van der Waals surface area contributed by atoms with E-state index in [-0.39, 0.29) is 11.5 Å². The van der Waals surface area contributed by atoms with Crippen LogP contribution in [0.2, 0.25) is 0 Å². The molecule has 1 N–H and O–H groups in total. The van der Waals surface area contributed by atoms with Crippen LogP contribution in [-0.4, -0.2) is 16.1 Å². The van der Waals surface area contributed by atoms with Gasteiger partial charge in [0.15, 0.2) is 0 Å². The van der Waals surface area contributed by atoms with E-state index in [0.29, 0.717) is 6.54 Å². The van der Waals surface area contributed by atoms with Gasteiger partial charge in [-0.2, -0.15) is 5.26 Å². The van der Waals surface area contributed by atoms with Crippen molar-refractivity contribution in [3.63, 3.8) is 0 Å². The summed E-state index contributed by atoms with van der Waals surface area (Å²) in [6, 6.07) is 2.43. The number of hydrogen-bond donors (Lipinski definition) is 1. The number of hydrogen-bond acceptors (Lipinski definition) is 3. The van der Waals surface area contributed by atoms with Gasteiger partial charge in [0, 0.05) is 26.0 Å². The maximum Gasteiger partial charge on any atom is 0.125 e. The number of rotatable bonds is 4. The van der Waals surface area contributed by atoms with Crippen LogP contribution in [0, 0.1) is 16.7 Å². The smallest absolute Gasteiger partial charge is 0.125 e. The lowest BCUT2D eigenvalue weighted by atomic mass is 9.96. The van der Waals surface area contributed by atoms with Gasteiger partial charge in [-0.05, 0) is 20.8 Å². The molecule has 0 saturated carbocycles. The van der Waals surface area contributed by atoms with Crippen LogP contribution in [0.25, 0.3) is 0 Å². The average Bonchev–Trinajstić information content (AvgIpc) is 2.61. The first kappa shape index (κ1) is 11.7. The van der Waals surface area contributed by atoms with Crippen molar-refractivity contribution in [1.29, 1.82) is 5.26 Å². The Morgan fingerprint density at radius 1 is 1.67 bits per heavy atom. The van der Waals surface area contributed by atoms with E-state index in [1.54, 1.807) is 6.20 Å². The summed E-state index contributed by atoms with van der Waals surface area (Å²) in [5, 5.41) is 12.2. The highest BCUT2D eigenvalue weighted by Gasteiger charge is 2.18. The normalized spacial score (nSPS) is 13.5. The number of imidazole rings is 1. The molecule has 0 spiro atoms. The third-order valence-corrected chi connectivity index (χ3v) is 2.40. The van der Waals surface area contributed by atoms with Crippen molar-refractivity contribution < 1.29 is 0 Å². The Bertz CT molecular complexity index is 359. The average molecular weight is 206 g/mol. The Kier molecular flexibility index (Phi) is 3.48. The van der Waals surface area contributed by atoms with E-state index in [2.05, 4.69) is 23.3 Å². The van der Waals surface area contributed by atoms with E-state index in [4.69, 9.17) is 5.26 Å². The molecule has 0 saturated heterocycles. The quantitative estimate of drug-likeness (QED) is 0.814. The predicted octanol–water partition coefficient (Wildman–Crippen LogP) is 1.62. The minimum Gasteiger partial charge on any atom is -0.337 e. The molecule has 0 aliphatic heterocycles. The SMILES string of the molecule is CC(NCC(C)(C)C#N)c1nccn1C. The molecule has 0 fully saturated rings. The van der Waals surface area contributed by atoms with E-state index in [1.807, 2.05) is 31.7 Å². The van der Waals surface area contributed by atoms with Gasteiger partial charge >= 0.3 is 0 Å². The first-order chi connectivity index (χ1) is 6.96. The highest BCUT2D eigenvalue weighted by Crippen LogP contribution is 2.14. The Hall–Kier alpha value is -1.34. The summed E-state index contributed by atoms with van der Waals surface area (Å²) in [7, 11) is 1.97. The van der Waals surface area contributed by atoms with Crippen molar-refractivity contribution in [2.24, 2.45) is 12.5 Å². The summed E-state index contributed by atoms with van der Waals surface area (Å²) in [6.45, 7) is 6.56. The van der Waals surface area contributed by atoms with Gasteiger partial charge in [-0.3, -0.25) is 0 Å². The molecule has 15 heavy (non-hydrogen) atoms. The molecule has 4 heteroatoms. The number of nitriles is 1. The van der Waals surface area contributed by atoms with Gasteiger partial charge in [-0.25, -0.2) is 4.98 Å². The summed E-state index contributed by atoms with van der Waals surface area (Å²) >= 11 is 0. The van der Waals surface area contributed by atoms with Crippen LogP contribution in [0.4, 0.5) is 0 Å². The molecule has 0 aromatic carbocycles. The van der Waals surface area contributed by atoms with Gasteiger partial charge in [-0.15, -0.1) is 0 Å². The van der Waals surface area contributed by atoms with Gasteiger partial charge in [0.1, 0.15) is 5.82 Å². The van der Waals surface area contributed by atoms with Gasteiger partial charge in [0.25, 0.3) is 0 Å². The van der Waals surface area contributed by atoms with Crippen molar-refractivity contribution in [3.8, 4) is 6.07 Å². The monoisotopic (exact) mass is 206 g/mol. The molecule has 0 aliphatic rings. The molecule has 1 unspecified atom stereocenters. The first-order valence-corrected chi connectivity index (χ1v) is 5.08. The summed E-state index contributed by atoms with van der Waals surface area (Å²) < 4.78 is 1.98. The van der Waals surface area contributed by atoms with Gasteiger partial charge in [0.05, 0.1) is 17.5 Å². The van der Waals surface area contributed by atoms with Crippen LogP contribution in [0.15, 0.2) is 12.4 Å². The van der Waals surface area contributed by atoms with Gasteiger partial charge < -0.3 is 9.88 Å². The van der Waals surface area contributed by atoms with Crippen molar-refractivity contribution in [2.75, 3.05) is 6.54 Å². The zero-order valence-corrected chi connectivity index (χ0v) is 9.78. The topological polar surface area (TPSA) is 53.6 Å². The molecule has 0 bridgehead atoms. The molecule has 0 radical (unpaired) electrons. The molecule has 1 heterocycles. The molecular formula is C11H18N4. The second-order valence-electron chi connectivity index (χ2n) is 4.49. The van der Waals surface area contributed by atoms with Gasteiger partial charge in [0.2, 0.25) is 0 Å². The van der Waals surface area contributed by atoms with E-state index < -0.39 is 0 Å². The Labute approximate surface area is 90.9 Å². The van der Waals surface area contributed by atoms with Crippen molar-refractivity contribution >= 4 is 0 Å². The van der Waals surface area contributed by atoms with Crippen LogP contribution in [0.1, 0.15) is 32.6 Å². The summed E-state index contributed by atoms with van der Waals surface area (Å²) in [5.74, 6) is 0.990. The lowest BCUT2D eigenvalue weighted by molar-refractivity contribution is 0.404. The molecule has 1 rings (SSSR count). The van der Waals surface area contributed by atoms with Crippen LogP contribution >= 0.6 is 0 Å². The molecule has 4 nitrogen and oxygen atoms in total. The van der Waals surface area contributed by atoms with Crippen LogP contribution in [0.5, 0.6) is 0 Å². The fourth-order valence-electron chi connectivity index (χ4n) is 1.33. The van der Waals surface area contributed by atoms with Crippen molar-refractivity contribution in [1.82, 2.24) is 14.9 Å². The predicted molar refractivity (Wildman–Crippen MR) is 59.0 cm³/mol. The highest BCUT2D eigenvalue weighted by molar-refractivity contribution is 4.99. The van der Waals surface area contributed by atoms with E-state index in [1.165, 1.54) is 0 Å². The summed E-state index contributed by atoms with van der Waals surface area (Å²) in [4.78, 5) is 4.26.